The highest BCUT2D eigenvalue weighted by molar-refractivity contribution is 7.10. The zero-order valence-corrected chi connectivity index (χ0v) is 17.4. The molecule has 1 aromatic heterocycles. The van der Waals surface area contributed by atoms with Crippen molar-refractivity contribution in [3.63, 3.8) is 0 Å². The minimum atomic E-state index is -0.855. The van der Waals surface area contributed by atoms with Gasteiger partial charge < -0.3 is 10.0 Å². The van der Waals surface area contributed by atoms with Crippen molar-refractivity contribution >= 4 is 34.5 Å². The van der Waals surface area contributed by atoms with Gasteiger partial charge >= 0.3 is 0 Å². The van der Waals surface area contributed by atoms with Gasteiger partial charge in [0.2, 0.25) is 0 Å². The fraction of sp³-hybridized carbons (Fsp3) is 0.130. The van der Waals surface area contributed by atoms with Crippen molar-refractivity contribution in [3.05, 3.63) is 104 Å². The number of thiophene rings is 1. The van der Waals surface area contributed by atoms with E-state index < -0.39 is 28.4 Å². The van der Waals surface area contributed by atoms with Gasteiger partial charge in [-0.25, -0.2) is 4.39 Å². The number of Topliss-reactive ketones (excluding diaryl/α,β-unsaturated/α-hetero) is 1. The molecule has 1 aliphatic rings. The zero-order chi connectivity index (χ0) is 22.8. The molecule has 3 aromatic rings. The molecule has 0 spiro atoms. The molecular formula is C23H17FN2O5S. The van der Waals surface area contributed by atoms with Crippen LogP contribution in [0.4, 0.5) is 10.1 Å². The lowest BCUT2D eigenvalue weighted by molar-refractivity contribution is -0.384. The van der Waals surface area contributed by atoms with Gasteiger partial charge in [0.05, 0.1) is 16.5 Å². The lowest BCUT2D eigenvalue weighted by Gasteiger charge is -2.24. The molecule has 1 aliphatic heterocycles. The van der Waals surface area contributed by atoms with Gasteiger partial charge in [0.15, 0.2) is 0 Å². The first kappa shape index (κ1) is 21.4. The van der Waals surface area contributed by atoms with E-state index in [0.717, 1.165) is 11.6 Å². The third kappa shape index (κ3) is 4.02. The summed E-state index contributed by atoms with van der Waals surface area (Å²) in [5, 5.41) is 23.8. The monoisotopic (exact) mass is 452 g/mol. The predicted octanol–water partition coefficient (Wildman–Crippen LogP) is 4.46. The molecule has 1 unspecified atom stereocenters. The number of halogens is 1. The van der Waals surface area contributed by atoms with Crippen LogP contribution in [-0.2, 0) is 16.0 Å². The number of likely N-dealkylation sites (tertiary alicyclic amines) is 1. The van der Waals surface area contributed by atoms with Gasteiger partial charge in [-0.3, -0.25) is 19.7 Å². The molecule has 1 amide bonds. The zero-order valence-electron chi connectivity index (χ0n) is 16.6. The molecule has 0 saturated carbocycles. The molecule has 7 nitrogen and oxygen atoms in total. The molecule has 32 heavy (non-hydrogen) atoms. The van der Waals surface area contributed by atoms with Crippen molar-refractivity contribution in [2.24, 2.45) is 0 Å². The standard InChI is InChI=1S/C23H17FN2O5S/c24-16-8-6-14(7-9-16)10-11-25-20(18-5-2-12-32-18)19(22(28)23(25)29)21(27)15-3-1-4-17(13-15)26(30)31/h1-9,12-13,20,27H,10-11H2/b21-19-. The number of amides is 1. The molecule has 162 valence electrons. The second-order valence-electron chi connectivity index (χ2n) is 7.19. The van der Waals surface area contributed by atoms with Crippen molar-refractivity contribution in [1.82, 2.24) is 4.90 Å². The molecule has 2 aromatic carbocycles. The number of ketones is 1. The van der Waals surface area contributed by atoms with E-state index in [1.54, 1.807) is 29.6 Å². The van der Waals surface area contributed by atoms with Crippen LogP contribution in [0.1, 0.15) is 22.0 Å². The maximum atomic E-state index is 13.2. The average molecular weight is 452 g/mol. The van der Waals surface area contributed by atoms with Crippen LogP contribution in [0.2, 0.25) is 0 Å². The first-order valence-electron chi connectivity index (χ1n) is 9.68. The number of aliphatic hydroxyl groups excluding tert-OH is 1. The van der Waals surface area contributed by atoms with Crippen LogP contribution < -0.4 is 0 Å². The Hall–Kier alpha value is -3.85. The van der Waals surface area contributed by atoms with Gasteiger partial charge in [-0.15, -0.1) is 11.3 Å². The largest absolute Gasteiger partial charge is 0.507 e. The first-order valence-corrected chi connectivity index (χ1v) is 10.6. The third-order valence-corrected chi connectivity index (χ3v) is 6.16. The number of benzene rings is 2. The van der Waals surface area contributed by atoms with Crippen LogP contribution in [0, 0.1) is 15.9 Å². The average Bonchev–Trinajstić information content (AvgIpc) is 3.40. The summed E-state index contributed by atoms with van der Waals surface area (Å²) in [6.07, 6.45) is 0.381. The van der Waals surface area contributed by atoms with Crippen molar-refractivity contribution in [2.75, 3.05) is 6.54 Å². The highest BCUT2D eigenvalue weighted by Crippen LogP contribution is 2.41. The van der Waals surface area contributed by atoms with Crippen molar-refractivity contribution in [1.29, 1.82) is 0 Å². The SMILES string of the molecule is O=C1C(=O)N(CCc2ccc(F)cc2)C(c2cccs2)/C1=C(/O)c1cccc([N+](=O)[O-])c1. The molecule has 9 heteroatoms. The number of aliphatic hydroxyl groups is 1. The predicted molar refractivity (Wildman–Crippen MR) is 117 cm³/mol. The smallest absolute Gasteiger partial charge is 0.295 e. The lowest BCUT2D eigenvalue weighted by atomic mass is 9.99. The van der Waals surface area contributed by atoms with E-state index in [4.69, 9.17) is 0 Å². The summed E-state index contributed by atoms with van der Waals surface area (Å²) < 4.78 is 13.2. The van der Waals surface area contributed by atoms with E-state index in [1.165, 1.54) is 46.6 Å². The minimum Gasteiger partial charge on any atom is -0.507 e. The summed E-state index contributed by atoms with van der Waals surface area (Å²) in [5.41, 5.74) is 0.513. The normalized spacial score (nSPS) is 17.7. The molecule has 0 radical (unpaired) electrons. The van der Waals surface area contributed by atoms with E-state index in [9.17, 15) is 29.2 Å². The van der Waals surface area contributed by atoms with E-state index in [2.05, 4.69) is 0 Å². The summed E-state index contributed by atoms with van der Waals surface area (Å²) in [4.78, 5) is 38.4. The Morgan fingerprint density at radius 2 is 1.88 bits per heavy atom. The first-order chi connectivity index (χ1) is 15.4. The second-order valence-corrected chi connectivity index (χ2v) is 8.17. The Labute approximate surface area is 186 Å². The number of rotatable bonds is 6. The number of hydrogen-bond donors (Lipinski definition) is 1. The highest BCUT2D eigenvalue weighted by Gasteiger charge is 2.46. The molecule has 0 aliphatic carbocycles. The summed E-state index contributed by atoms with van der Waals surface area (Å²) in [6.45, 7) is 0.171. The Morgan fingerprint density at radius 1 is 1.12 bits per heavy atom. The molecule has 1 N–H and O–H groups in total. The Balaban J connectivity index is 1.74. The van der Waals surface area contributed by atoms with E-state index in [0.29, 0.717) is 11.3 Å². The summed E-state index contributed by atoms with van der Waals surface area (Å²) in [7, 11) is 0. The fourth-order valence-electron chi connectivity index (χ4n) is 3.68. The van der Waals surface area contributed by atoms with Gasteiger partial charge in [-0.2, -0.15) is 0 Å². The molecule has 0 bridgehead atoms. The van der Waals surface area contributed by atoms with Crippen LogP contribution in [0.25, 0.3) is 5.76 Å². The number of carbonyl (C=O) groups excluding carboxylic acids is 2. The van der Waals surface area contributed by atoms with Crippen LogP contribution in [0.5, 0.6) is 0 Å². The Morgan fingerprint density at radius 3 is 2.53 bits per heavy atom. The molecule has 2 heterocycles. The fourth-order valence-corrected chi connectivity index (χ4v) is 4.52. The van der Waals surface area contributed by atoms with Gasteiger partial charge in [0.25, 0.3) is 17.4 Å². The Kier molecular flexibility index (Phi) is 5.83. The molecule has 1 saturated heterocycles. The number of carbonyl (C=O) groups is 2. The van der Waals surface area contributed by atoms with Gasteiger partial charge in [0.1, 0.15) is 11.6 Å². The summed E-state index contributed by atoms with van der Waals surface area (Å²) >= 11 is 1.33. The Bertz CT molecular complexity index is 1220. The van der Waals surface area contributed by atoms with Gasteiger partial charge in [0, 0.05) is 29.1 Å². The second kappa shape index (κ2) is 8.72. The summed E-state index contributed by atoms with van der Waals surface area (Å²) in [6, 6.07) is 13.8. The van der Waals surface area contributed by atoms with Crippen molar-refractivity contribution < 1.29 is 24.0 Å². The van der Waals surface area contributed by atoms with Crippen LogP contribution in [-0.4, -0.2) is 33.2 Å². The quantitative estimate of drug-likeness (QED) is 0.196. The van der Waals surface area contributed by atoms with Gasteiger partial charge in [-0.1, -0.05) is 30.3 Å². The molecule has 1 fully saturated rings. The van der Waals surface area contributed by atoms with Crippen molar-refractivity contribution in [3.8, 4) is 0 Å². The molecule has 1 atom stereocenters. The number of non-ortho nitro benzene ring substituents is 1. The van der Waals surface area contributed by atoms with Crippen LogP contribution in [0.3, 0.4) is 0 Å². The summed E-state index contributed by atoms with van der Waals surface area (Å²) in [5.74, 6) is -2.46. The molecular weight excluding hydrogens is 435 g/mol. The molecule has 4 rings (SSSR count). The lowest BCUT2D eigenvalue weighted by Crippen LogP contribution is -2.31. The van der Waals surface area contributed by atoms with Crippen LogP contribution >= 0.6 is 11.3 Å². The van der Waals surface area contributed by atoms with Gasteiger partial charge in [-0.05, 0) is 35.6 Å². The number of nitro groups is 1. The number of hydrogen-bond acceptors (Lipinski definition) is 6. The highest BCUT2D eigenvalue weighted by atomic mass is 32.1. The van der Waals surface area contributed by atoms with Crippen molar-refractivity contribution in [2.45, 2.75) is 12.5 Å². The van der Waals surface area contributed by atoms with Crippen LogP contribution in [0.15, 0.2) is 71.6 Å². The maximum Gasteiger partial charge on any atom is 0.295 e. The maximum absolute atomic E-state index is 13.2. The number of nitro benzene ring substituents is 1. The minimum absolute atomic E-state index is 0.0808. The number of nitrogens with zero attached hydrogens (tertiary/aromatic N) is 2. The van der Waals surface area contributed by atoms with E-state index in [1.807, 2.05) is 0 Å². The third-order valence-electron chi connectivity index (χ3n) is 5.24. The van der Waals surface area contributed by atoms with E-state index in [-0.39, 0.29) is 29.2 Å². The topological polar surface area (TPSA) is 101 Å². The van der Waals surface area contributed by atoms with E-state index >= 15 is 0 Å².